The Hall–Kier alpha value is -0.0500. The summed E-state index contributed by atoms with van der Waals surface area (Å²) < 4.78 is -0.268. The Morgan fingerprint density at radius 3 is 2.31 bits per heavy atom. The van der Waals surface area contributed by atoms with Crippen LogP contribution in [0.25, 0.3) is 0 Å². The SMILES string of the molecule is CC(C)NC(=O)C1(Br)CCCCC1. The molecular formula is C10H18BrNO. The lowest BCUT2D eigenvalue weighted by molar-refractivity contribution is -0.124. The van der Waals surface area contributed by atoms with Gasteiger partial charge in [0.1, 0.15) is 4.32 Å². The predicted molar refractivity (Wildman–Crippen MR) is 58.0 cm³/mol. The second-order valence-electron chi connectivity index (χ2n) is 4.15. The third-order valence-corrected chi connectivity index (χ3v) is 3.63. The van der Waals surface area contributed by atoms with Crippen LogP contribution in [0.3, 0.4) is 0 Å². The van der Waals surface area contributed by atoms with Crippen molar-refractivity contribution in [3.05, 3.63) is 0 Å². The zero-order chi connectivity index (χ0) is 9.90. The Balaban J connectivity index is 2.51. The molecule has 0 atom stereocenters. The molecule has 13 heavy (non-hydrogen) atoms. The van der Waals surface area contributed by atoms with Crippen LogP contribution < -0.4 is 5.32 Å². The van der Waals surface area contributed by atoms with Crippen LogP contribution in [0.1, 0.15) is 46.0 Å². The molecule has 0 saturated heterocycles. The van der Waals surface area contributed by atoms with Gasteiger partial charge in [-0.1, -0.05) is 35.2 Å². The zero-order valence-corrected chi connectivity index (χ0v) is 9.99. The molecule has 0 heterocycles. The molecule has 0 aromatic heterocycles. The van der Waals surface area contributed by atoms with E-state index in [1.54, 1.807) is 0 Å². The number of nitrogens with one attached hydrogen (secondary N) is 1. The summed E-state index contributed by atoms with van der Waals surface area (Å²) in [5.41, 5.74) is 0. The Bertz CT molecular complexity index is 185. The second-order valence-corrected chi connectivity index (χ2v) is 5.67. The molecule has 0 radical (unpaired) electrons. The van der Waals surface area contributed by atoms with Crippen LogP contribution in [0.2, 0.25) is 0 Å². The number of alkyl halides is 1. The molecule has 1 N–H and O–H groups in total. The van der Waals surface area contributed by atoms with Crippen LogP contribution in [-0.2, 0) is 4.79 Å². The first kappa shape index (κ1) is 11.0. The molecule has 1 aliphatic rings. The van der Waals surface area contributed by atoms with Crippen LogP contribution >= 0.6 is 15.9 Å². The molecule has 1 aliphatic carbocycles. The van der Waals surface area contributed by atoms with Gasteiger partial charge in [-0.2, -0.15) is 0 Å². The summed E-state index contributed by atoms with van der Waals surface area (Å²) in [7, 11) is 0. The van der Waals surface area contributed by atoms with Gasteiger partial charge in [0, 0.05) is 6.04 Å². The number of rotatable bonds is 2. The number of halogens is 1. The standard InChI is InChI=1S/C10H18BrNO/c1-8(2)12-9(13)10(11)6-4-3-5-7-10/h8H,3-7H2,1-2H3,(H,12,13). The fraction of sp³-hybridized carbons (Fsp3) is 0.900. The van der Waals surface area contributed by atoms with E-state index in [9.17, 15) is 4.79 Å². The van der Waals surface area contributed by atoms with Crippen molar-refractivity contribution in [1.29, 1.82) is 0 Å². The van der Waals surface area contributed by atoms with E-state index in [1.165, 1.54) is 6.42 Å². The highest BCUT2D eigenvalue weighted by molar-refractivity contribution is 9.10. The Kier molecular flexibility index (Phi) is 3.77. The van der Waals surface area contributed by atoms with Gasteiger partial charge in [0.15, 0.2) is 0 Å². The van der Waals surface area contributed by atoms with E-state index in [1.807, 2.05) is 13.8 Å². The number of amides is 1. The van der Waals surface area contributed by atoms with Crippen molar-refractivity contribution in [2.75, 3.05) is 0 Å². The lowest BCUT2D eigenvalue weighted by Crippen LogP contribution is -2.45. The molecule has 3 heteroatoms. The molecule has 0 unspecified atom stereocenters. The molecule has 2 nitrogen and oxygen atoms in total. The van der Waals surface area contributed by atoms with Gasteiger partial charge < -0.3 is 5.32 Å². The van der Waals surface area contributed by atoms with Crippen LogP contribution in [-0.4, -0.2) is 16.3 Å². The zero-order valence-electron chi connectivity index (χ0n) is 8.40. The highest BCUT2D eigenvalue weighted by Crippen LogP contribution is 2.36. The molecule has 1 amide bonds. The highest BCUT2D eigenvalue weighted by Gasteiger charge is 2.36. The van der Waals surface area contributed by atoms with E-state index in [0.29, 0.717) is 0 Å². The quantitative estimate of drug-likeness (QED) is 0.748. The lowest BCUT2D eigenvalue weighted by Gasteiger charge is -2.30. The first-order valence-electron chi connectivity index (χ1n) is 5.04. The van der Waals surface area contributed by atoms with Crippen molar-refractivity contribution in [1.82, 2.24) is 5.32 Å². The van der Waals surface area contributed by atoms with E-state index in [0.717, 1.165) is 25.7 Å². The summed E-state index contributed by atoms with van der Waals surface area (Å²) in [4.78, 5) is 11.8. The first-order valence-corrected chi connectivity index (χ1v) is 5.84. The summed E-state index contributed by atoms with van der Waals surface area (Å²) in [5.74, 6) is 0.169. The normalized spacial score (nSPS) is 21.5. The topological polar surface area (TPSA) is 29.1 Å². The lowest BCUT2D eigenvalue weighted by atomic mass is 9.88. The van der Waals surface area contributed by atoms with Crippen molar-refractivity contribution < 1.29 is 4.79 Å². The van der Waals surface area contributed by atoms with Crippen LogP contribution in [0.5, 0.6) is 0 Å². The Labute approximate surface area is 88.6 Å². The summed E-state index contributed by atoms with van der Waals surface area (Å²) in [5, 5.41) is 2.97. The van der Waals surface area contributed by atoms with Crippen LogP contribution in [0.15, 0.2) is 0 Å². The largest absolute Gasteiger partial charge is 0.353 e. The molecule has 0 aromatic carbocycles. The Morgan fingerprint density at radius 2 is 1.85 bits per heavy atom. The molecular weight excluding hydrogens is 230 g/mol. The van der Waals surface area contributed by atoms with Gasteiger partial charge in [0.25, 0.3) is 0 Å². The third-order valence-electron chi connectivity index (χ3n) is 2.47. The first-order chi connectivity index (χ1) is 6.04. The predicted octanol–water partition coefficient (Wildman–Crippen LogP) is 2.61. The summed E-state index contributed by atoms with van der Waals surface area (Å²) >= 11 is 3.58. The van der Waals surface area contributed by atoms with Crippen molar-refractivity contribution in [2.45, 2.75) is 56.3 Å². The maximum absolute atomic E-state index is 11.8. The average Bonchev–Trinajstić information content (AvgIpc) is 2.04. The number of hydrogen-bond donors (Lipinski definition) is 1. The van der Waals surface area contributed by atoms with E-state index >= 15 is 0 Å². The molecule has 1 rings (SSSR count). The molecule has 76 valence electrons. The van der Waals surface area contributed by atoms with Gasteiger partial charge in [-0.25, -0.2) is 0 Å². The van der Waals surface area contributed by atoms with Gasteiger partial charge in [-0.15, -0.1) is 0 Å². The van der Waals surface area contributed by atoms with Gasteiger partial charge in [0.2, 0.25) is 5.91 Å². The van der Waals surface area contributed by atoms with Crippen molar-refractivity contribution in [3.63, 3.8) is 0 Å². The van der Waals surface area contributed by atoms with Gasteiger partial charge in [-0.3, -0.25) is 4.79 Å². The molecule has 0 bridgehead atoms. The van der Waals surface area contributed by atoms with E-state index in [4.69, 9.17) is 0 Å². The Morgan fingerprint density at radius 1 is 1.31 bits per heavy atom. The van der Waals surface area contributed by atoms with Crippen LogP contribution in [0, 0.1) is 0 Å². The van der Waals surface area contributed by atoms with Crippen LogP contribution in [0.4, 0.5) is 0 Å². The maximum atomic E-state index is 11.8. The summed E-state index contributed by atoms with van der Waals surface area (Å²) in [6, 6.07) is 0.240. The summed E-state index contributed by atoms with van der Waals surface area (Å²) in [6.07, 6.45) is 5.55. The van der Waals surface area contributed by atoms with Gasteiger partial charge in [0.05, 0.1) is 0 Å². The number of carbonyl (C=O) groups excluding carboxylic acids is 1. The molecule has 0 aromatic rings. The highest BCUT2D eigenvalue weighted by atomic mass is 79.9. The monoisotopic (exact) mass is 247 g/mol. The second kappa shape index (κ2) is 4.45. The summed E-state index contributed by atoms with van der Waals surface area (Å²) in [6.45, 7) is 3.99. The molecule has 1 fully saturated rings. The molecule has 0 spiro atoms. The van der Waals surface area contributed by atoms with Crippen molar-refractivity contribution in [3.8, 4) is 0 Å². The average molecular weight is 248 g/mol. The minimum absolute atomic E-state index is 0.169. The number of hydrogen-bond acceptors (Lipinski definition) is 1. The minimum Gasteiger partial charge on any atom is -0.353 e. The fourth-order valence-electron chi connectivity index (χ4n) is 1.73. The smallest absolute Gasteiger partial charge is 0.237 e. The number of carbonyl (C=O) groups is 1. The molecule has 1 saturated carbocycles. The fourth-order valence-corrected chi connectivity index (χ4v) is 2.41. The van der Waals surface area contributed by atoms with Gasteiger partial charge in [-0.05, 0) is 26.7 Å². The van der Waals surface area contributed by atoms with Gasteiger partial charge >= 0.3 is 0 Å². The van der Waals surface area contributed by atoms with Crippen molar-refractivity contribution in [2.24, 2.45) is 0 Å². The van der Waals surface area contributed by atoms with E-state index in [-0.39, 0.29) is 16.3 Å². The minimum atomic E-state index is -0.268. The van der Waals surface area contributed by atoms with E-state index in [2.05, 4.69) is 21.2 Å². The molecule has 0 aliphatic heterocycles. The third kappa shape index (κ3) is 2.97. The van der Waals surface area contributed by atoms with E-state index < -0.39 is 0 Å². The van der Waals surface area contributed by atoms with Crippen molar-refractivity contribution >= 4 is 21.8 Å². The maximum Gasteiger partial charge on any atom is 0.237 e.